The molecule has 1 heterocycles. The van der Waals surface area contributed by atoms with Gasteiger partial charge in [0.05, 0.1) is 16.0 Å². The van der Waals surface area contributed by atoms with Crippen molar-refractivity contribution in [2.75, 3.05) is 31.5 Å². The maximum Gasteiger partial charge on any atom is 0.265 e. The first kappa shape index (κ1) is 30.1. The van der Waals surface area contributed by atoms with Gasteiger partial charge in [0.1, 0.15) is 5.75 Å². The van der Waals surface area contributed by atoms with E-state index < -0.39 is 22.0 Å². The first-order valence-electron chi connectivity index (χ1n) is 13.6. The van der Waals surface area contributed by atoms with Crippen molar-refractivity contribution >= 4 is 44.8 Å². The van der Waals surface area contributed by atoms with Gasteiger partial charge in [-0.1, -0.05) is 83.9 Å². The number of benzene rings is 4. The zero-order valence-electron chi connectivity index (χ0n) is 23.0. The van der Waals surface area contributed by atoms with Crippen LogP contribution in [0.5, 0.6) is 5.75 Å². The summed E-state index contributed by atoms with van der Waals surface area (Å²) in [6, 6.07) is 31.5. The molecule has 7 nitrogen and oxygen atoms in total. The highest BCUT2D eigenvalue weighted by molar-refractivity contribution is 7.89. The fourth-order valence-corrected chi connectivity index (χ4v) is 6.88. The van der Waals surface area contributed by atoms with Gasteiger partial charge in [0.25, 0.3) is 5.91 Å². The van der Waals surface area contributed by atoms with Crippen LogP contribution >= 0.6 is 23.2 Å². The molecule has 1 saturated heterocycles. The second-order valence-electron chi connectivity index (χ2n) is 10.0. The van der Waals surface area contributed by atoms with Gasteiger partial charge in [0.15, 0.2) is 6.10 Å². The molecule has 1 N–H and O–H groups in total. The van der Waals surface area contributed by atoms with E-state index in [4.69, 9.17) is 27.9 Å². The lowest BCUT2D eigenvalue weighted by Gasteiger charge is -2.39. The third kappa shape index (κ3) is 6.97. The van der Waals surface area contributed by atoms with E-state index in [2.05, 4.69) is 34.5 Å². The topological polar surface area (TPSA) is 78.9 Å². The molecule has 10 heteroatoms. The lowest BCUT2D eigenvalue weighted by Crippen LogP contribution is -2.49. The standard InChI is InChI=1S/C32H31Cl2N3O4S/c1-23(41-30-17-12-26(33)22-29(30)34)32(38)35-27-13-15-28(16-14-27)42(39,40)37-20-18-36(19-21-37)31(24-8-4-2-5-9-24)25-10-6-3-7-11-25/h2-17,22-23,31H,18-21H2,1H3,(H,35,38). The Labute approximate surface area is 256 Å². The predicted octanol–water partition coefficient (Wildman–Crippen LogP) is 6.50. The second kappa shape index (κ2) is 13.3. The Morgan fingerprint density at radius 3 is 1.93 bits per heavy atom. The van der Waals surface area contributed by atoms with Crippen molar-refractivity contribution in [2.45, 2.75) is 24.0 Å². The Hall–Kier alpha value is -3.40. The third-order valence-corrected chi connectivity index (χ3v) is 9.64. The number of nitrogens with one attached hydrogen (secondary N) is 1. The summed E-state index contributed by atoms with van der Waals surface area (Å²) in [5.74, 6) is -0.0664. The minimum Gasteiger partial charge on any atom is -0.479 e. The molecule has 0 spiro atoms. The number of hydrogen-bond acceptors (Lipinski definition) is 5. The average molecular weight is 625 g/mol. The van der Waals surface area contributed by atoms with E-state index in [0.717, 1.165) is 0 Å². The monoisotopic (exact) mass is 623 g/mol. The van der Waals surface area contributed by atoms with E-state index in [1.54, 1.807) is 31.2 Å². The van der Waals surface area contributed by atoms with Crippen LogP contribution in [0.2, 0.25) is 10.0 Å². The van der Waals surface area contributed by atoms with Crippen LogP contribution < -0.4 is 10.1 Å². The molecule has 0 aliphatic carbocycles. The van der Waals surface area contributed by atoms with Crippen LogP contribution in [-0.4, -0.2) is 55.8 Å². The number of nitrogens with zero attached hydrogens (tertiary/aromatic N) is 2. The number of rotatable bonds is 9. The van der Waals surface area contributed by atoms with E-state index in [0.29, 0.717) is 47.7 Å². The Bertz CT molecular complexity index is 1570. The molecule has 4 aromatic rings. The molecule has 0 aromatic heterocycles. The first-order valence-corrected chi connectivity index (χ1v) is 15.8. The van der Waals surface area contributed by atoms with Crippen LogP contribution in [0.25, 0.3) is 0 Å². The summed E-state index contributed by atoms with van der Waals surface area (Å²) in [4.78, 5) is 15.2. The largest absolute Gasteiger partial charge is 0.479 e. The van der Waals surface area contributed by atoms with Crippen LogP contribution in [0.3, 0.4) is 0 Å². The molecule has 1 aliphatic rings. The van der Waals surface area contributed by atoms with Gasteiger partial charge in [-0.25, -0.2) is 8.42 Å². The number of anilines is 1. The van der Waals surface area contributed by atoms with Gasteiger partial charge in [0.2, 0.25) is 10.0 Å². The molecule has 0 bridgehead atoms. The Morgan fingerprint density at radius 1 is 0.810 bits per heavy atom. The van der Waals surface area contributed by atoms with Crippen molar-refractivity contribution in [3.8, 4) is 5.75 Å². The fourth-order valence-electron chi connectivity index (χ4n) is 5.00. The van der Waals surface area contributed by atoms with E-state index in [-0.39, 0.29) is 10.9 Å². The van der Waals surface area contributed by atoms with Gasteiger partial charge in [-0.3, -0.25) is 9.69 Å². The second-order valence-corrected chi connectivity index (χ2v) is 12.8. The summed E-state index contributed by atoms with van der Waals surface area (Å²) >= 11 is 12.1. The Balaban J connectivity index is 1.21. The molecular weight excluding hydrogens is 593 g/mol. The van der Waals surface area contributed by atoms with Gasteiger partial charge in [-0.15, -0.1) is 0 Å². The van der Waals surface area contributed by atoms with Gasteiger partial charge in [-0.05, 0) is 60.5 Å². The molecule has 218 valence electrons. The zero-order valence-corrected chi connectivity index (χ0v) is 25.3. The maximum absolute atomic E-state index is 13.5. The molecule has 1 atom stereocenters. The van der Waals surface area contributed by atoms with Crippen molar-refractivity contribution < 1.29 is 17.9 Å². The van der Waals surface area contributed by atoms with Crippen molar-refractivity contribution in [3.63, 3.8) is 0 Å². The summed E-state index contributed by atoms with van der Waals surface area (Å²) in [7, 11) is -3.71. The number of piperazine rings is 1. The lowest BCUT2D eigenvalue weighted by molar-refractivity contribution is -0.122. The van der Waals surface area contributed by atoms with Crippen LogP contribution in [0.15, 0.2) is 108 Å². The van der Waals surface area contributed by atoms with Gasteiger partial charge in [0, 0.05) is 36.9 Å². The average Bonchev–Trinajstić information content (AvgIpc) is 3.00. The lowest BCUT2D eigenvalue weighted by atomic mass is 9.96. The van der Waals surface area contributed by atoms with E-state index in [1.165, 1.54) is 33.6 Å². The summed E-state index contributed by atoms with van der Waals surface area (Å²) in [6.45, 7) is 3.53. The molecule has 0 radical (unpaired) electrons. The van der Waals surface area contributed by atoms with Gasteiger partial charge < -0.3 is 10.1 Å². The highest BCUT2D eigenvalue weighted by atomic mass is 35.5. The van der Waals surface area contributed by atoms with Gasteiger partial charge in [-0.2, -0.15) is 4.31 Å². The number of halogens is 2. The minimum atomic E-state index is -3.71. The predicted molar refractivity (Wildman–Crippen MR) is 167 cm³/mol. The number of sulfonamides is 1. The first-order chi connectivity index (χ1) is 20.2. The number of amides is 1. The normalized spacial score (nSPS) is 15.3. The molecule has 4 aromatic carbocycles. The molecule has 42 heavy (non-hydrogen) atoms. The van der Waals surface area contributed by atoms with Crippen molar-refractivity contribution in [3.05, 3.63) is 124 Å². The summed E-state index contributed by atoms with van der Waals surface area (Å²) in [5.41, 5.74) is 2.80. The van der Waals surface area contributed by atoms with Crippen molar-refractivity contribution in [2.24, 2.45) is 0 Å². The Morgan fingerprint density at radius 2 is 1.38 bits per heavy atom. The van der Waals surface area contributed by atoms with Crippen LogP contribution in [0.4, 0.5) is 5.69 Å². The highest BCUT2D eigenvalue weighted by Gasteiger charge is 2.32. The van der Waals surface area contributed by atoms with Crippen molar-refractivity contribution in [1.82, 2.24) is 9.21 Å². The van der Waals surface area contributed by atoms with Crippen molar-refractivity contribution in [1.29, 1.82) is 0 Å². The van der Waals surface area contributed by atoms with E-state index >= 15 is 0 Å². The number of hydrogen-bond donors (Lipinski definition) is 1. The minimum absolute atomic E-state index is 0.0437. The maximum atomic E-state index is 13.5. The third-order valence-electron chi connectivity index (χ3n) is 7.20. The molecule has 5 rings (SSSR count). The quantitative estimate of drug-likeness (QED) is 0.230. The SMILES string of the molecule is CC(Oc1ccc(Cl)cc1Cl)C(=O)Nc1ccc(S(=O)(=O)N2CCN(C(c3ccccc3)c3ccccc3)CC2)cc1. The van der Waals surface area contributed by atoms with E-state index in [9.17, 15) is 13.2 Å². The molecule has 0 saturated carbocycles. The van der Waals surface area contributed by atoms with E-state index in [1.807, 2.05) is 36.4 Å². The Kier molecular flexibility index (Phi) is 9.50. The molecule has 1 aliphatic heterocycles. The van der Waals surface area contributed by atoms with Gasteiger partial charge >= 0.3 is 0 Å². The number of carbonyl (C=O) groups is 1. The number of ether oxygens (including phenoxy) is 1. The summed E-state index contributed by atoms with van der Waals surface area (Å²) < 4.78 is 34.2. The number of carbonyl (C=O) groups excluding carboxylic acids is 1. The fraction of sp³-hybridized carbons (Fsp3) is 0.219. The zero-order chi connectivity index (χ0) is 29.7. The smallest absolute Gasteiger partial charge is 0.265 e. The molecule has 1 amide bonds. The van der Waals surface area contributed by atoms with Crippen LogP contribution in [0, 0.1) is 0 Å². The van der Waals surface area contributed by atoms with Crippen LogP contribution in [0.1, 0.15) is 24.1 Å². The van der Waals surface area contributed by atoms with Crippen LogP contribution in [-0.2, 0) is 14.8 Å². The molecule has 1 fully saturated rings. The highest BCUT2D eigenvalue weighted by Crippen LogP contribution is 2.31. The summed E-state index contributed by atoms with van der Waals surface area (Å²) in [5, 5.41) is 3.51. The summed E-state index contributed by atoms with van der Waals surface area (Å²) in [6.07, 6.45) is -0.848. The molecule has 1 unspecified atom stereocenters. The molecular formula is C32H31Cl2N3O4S.